The fourth-order valence-electron chi connectivity index (χ4n) is 5.80. The Morgan fingerprint density at radius 2 is 1.88 bits per heavy atom. The lowest BCUT2D eigenvalue weighted by atomic mass is 9.78. The van der Waals surface area contributed by atoms with Crippen molar-refractivity contribution in [2.75, 3.05) is 18.5 Å². The Hall–Kier alpha value is -1.81. The van der Waals surface area contributed by atoms with Crippen LogP contribution >= 0.6 is 0 Å². The molecule has 178 valence electrons. The molecule has 3 saturated carbocycles. The average molecular weight is 457 g/mol. The SMILES string of the molecule is CN1c2ncn(CC3CC3C3CCC3)c2C(=O)N(C[C@H]2CC[C@@](O)(C(F)(F)F)CC2)C1O. The number of carbonyl (C=O) groups excluding carboxylic acids is 1. The lowest BCUT2D eigenvalue weighted by Crippen LogP contribution is -2.56. The first-order valence-corrected chi connectivity index (χ1v) is 11.6. The predicted molar refractivity (Wildman–Crippen MR) is 110 cm³/mol. The van der Waals surface area contributed by atoms with Gasteiger partial charge in [-0.1, -0.05) is 19.3 Å². The van der Waals surface area contributed by atoms with Gasteiger partial charge in [0.2, 0.25) is 6.35 Å². The summed E-state index contributed by atoms with van der Waals surface area (Å²) in [6.07, 6.45) is 0.405. The van der Waals surface area contributed by atoms with E-state index >= 15 is 0 Å². The van der Waals surface area contributed by atoms with Crippen molar-refractivity contribution < 1.29 is 28.2 Å². The molecular weight excluding hydrogens is 425 g/mol. The highest BCUT2D eigenvalue weighted by molar-refractivity contribution is 5.99. The molecule has 3 aliphatic carbocycles. The molecule has 1 aromatic rings. The molecule has 3 fully saturated rings. The van der Waals surface area contributed by atoms with Crippen molar-refractivity contribution in [3.63, 3.8) is 0 Å². The van der Waals surface area contributed by atoms with Crippen LogP contribution in [0.25, 0.3) is 0 Å². The molecule has 0 radical (unpaired) electrons. The van der Waals surface area contributed by atoms with Gasteiger partial charge in [-0.25, -0.2) is 4.98 Å². The molecule has 32 heavy (non-hydrogen) atoms. The molecule has 1 aromatic heterocycles. The number of imidazole rings is 1. The highest BCUT2D eigenvalue weighted by Crippen LogP contribution is 2.52. The van der Waals surface area contributed by atoms with E-state index in [1.165, 1.54) is 30.6 Å². The summed E-state index contributed by atoms with van der Waals surface area (Å²) in [6, 6.07) is 0. The summed E-state index contributed by atoms with van der Waals surface area (Å²) in [4.78, 5) is 20.6. The zero-order valence-electron chi connectivity index (χ0n) is 18.3. The van der Waals surface area contributed by atoms with Crippen molar-refractivity contribution in [2.45, 2.75) is 76.0 Å². The number of hydrogen-bond acceptors (Lipinski definition) is 5. The molecule has 0 spiro atoms. The highest BCUT2D eigenvalue weighted by Gasteiger charge is 2.55. The van der Waals surface area contributed by atoms with Crippen molar-refractivity contribution in [3.05, 3.63) is 12.0 Å². The third-order valence-corrected chi connectivity index (χ3v) is 8.32. The van der Waals surface area contributed by atoms with Gasteiger partial charge >= 0.3 is 6.18 Å². The van der Waals surface area contributed by atoms with E-state index < -0.39 is 18.1 Å². The smallest absolute Gasteiger partial charge is 0.380 e. The molecule has 0 bridgehead atoms. The third kappa shape index (κ3) is 3.59. The fraction of sp³-hybridized carbons (Fsp3) is 0.818. The number of amides is 1. The number of rotatable bonds is 5. The van der Waals surface area contributed by atoms with Crippen LogP contribution in [-0.4, -0.2) is 62.3 Å². The summed E-state index contributed by atoms with van der Waals surface area (Å²) in [7, 11) is 1.66. The maximum atomic E-state index is 13.3. The number of carbonyl (C=O) groups is 1. The molecule has 5 rings (SSSR count). The first-order chi connectivity index (χ1) is 15.1. The lowest BCUT2D eigenvalue weighted by Gasteiger charge is -2.42. The Labute approximate surface area is 185 Å². The molecule has 1 aliphatic heterocycles. The first-order valence-electron chi connectivity index (χ1n) is 11.6. The second kappa shape index (κ2) is 7.62. The first kappa shape index (κ1) is 22.0. The lowest BCUT2D eigenvalue weighted by molar-refractivity contribution is -0.272. The van der Waals surface area contributed by atoms with Gasteiger partial charge in [-0.3, -0.25) is 9.69 Å². The van der Waals surface area contributed by atoms with Crippen LogP contribution in [0.3, 0.4) is 0 Å². The molecule has 1 amide bonds. The van der Waals surface area contributed by atoms with Crippen molar-refractivity contribution in [2.24, 2.45) is 23.7 Å². The van der Waals surface area contributed by atoms with Crippen LogP contribution in [0.1, 0.15) is 61.9 Å². The van der Waals surface area contributed by atoms with E-state index in [1.54, 1.807) is 18.3 Å². The number of hydrogen-bond donors (Lipinski definition) is 2. The number of fused-ring (bicyclic) bond motifs is 1. The van der Waals surface area contributed by atoms with Gasteiger partial charge in [0, 0.05) is 20.1 Å². The second-order valence-corrected chi connectivity index (χ2v) is 10.3. The van der Waals surface area contributed by atoms with Crippen molar-refractivity contribution >= 4 is 11.7 Å². The largest absolute Gasteiger partial charge is 0.417 e. The van der Waals surface area contributed by atoms with E-state index in [1.807, 2.05) is 4.57 Å². The maximum Gasteiger partial charge on any atom is 0.417 e. The van der Waals surface area contributed by atoms with Crippen LogP contribution in [0.15, 0.2) is 6.33 Å². The molecule has 2 N–H and O–H groups in total. The van der Waals surface area contributed by atoms with Gasteiger partial charge in [-0.2, -0.15) is 13.2 Å². The number of aliphatic hydroxyl groups excluding tert-OH is 1. The average Bonchev–Trinajstić information content (AvgIpc) is 3.28. The summed E-state index contributed by atoms with van der Waals surface area (Å²) < 4.78 is 41.2. The van der Waals surface area contributed by atoms with E-state index in [0.29, 0.717) is 17.4 Å². The van der Waals surface area contributed by atoms with E-state index in [-0.39, 0.29) is 44.1 Å². The number of alkyl halides is 3. The van der Waals surface area contributed by atoms with Crippen molar-refractivity contribution in [1.29, 1.82) is 0 Å². The molecule has 4 aliphatic rings. The number of aromatic nitrogens is 2. The summed E-state index contributed by atoms with van der Waals surface area (Å²) in [5.41, 5.74) is -2.21. The van der Waals surface area contributed by atoms with Crippen molar-refractivity contribution in [1.82, 2.24) is 14.5 Å². The zero-order valence-corrected chi connectivity index (χ0v) is 18.3. The van der Waals surface area contributed by atoms with Crippen molar-refractivity contribution in [3.8, 4) is 0 Å². The monoisotopic (exact) mass is 456 g/mol. The predicted octanol–water partition coefficient (Wildman–Crippen LogP) is 2.97. The van der Waals surface area contributed by atoms with Gasteiger partial charge in [-0.05, 0) is 55.8 Å². The van der Waals surface area contributed by atoms with Gasteiger partial charge in [0.1, 0.15) is 0 Å². The zero-order chi connectivity index (χ0) is 22.8. The minimum absolute atomic E-state index is 0.146. The maximum absolute atomic E-state index is 13.3. The van der Waals surface area contributed by atoms with E-state index in [4.69, 9.17) is 0 Å². The van der Waals surface area contributed by atoms with Crippen LogP contribution in [0.2, 0.25) is 0 Å². The van der Waals surface area contributed by atoms with Crippen LogP contribution in [0, 0.1) is 23.7 Å². The normalized spacial score (nSPS) is 35.6. The standard InChI is InChI=1S/C22H31F3N4O3/c1-27-18-17(28(12-26-18)11-15-9-16(15)14-3-2-4-14)19(30)29(20(27)31)10-13-5-7-21(32,8-6-13)22(23,24)25/h12-16,20,31-32H,2-11H2,1H3/t13-,15?,16?,20?,21-. The Kier molecular flexibility index (Phi) is 5.24. The topological polar surface area (TPSA) is 81.8 Å². The molecule has 0 aromatic carbocycles. The van der Waals surface area contributed by atoms with E-state index in [0.717, 1.165) is 18.4 Å². The molecular formula is C22H31F3N4O3. The van der Waals surface area contributed by atoms with Gasteiger partial charge < -0.3 is 19.7 Å². The minimum atomic E-state index is -4.65. The van der Waals surface area contributed by atoms with E-state index in [9.17, 15) is 28.2 Å². The summed E-state index contributed by atoms with van der Waals surface area (Å²) in [6.45, 7) is 0.881. The third-order valence-electron chi connectivity index (χ3n) is 8.32. The van der Waals surface area contributed by atoms with Crippen LogP contribution in [0.4, 0.5) is 19.0 Å². The van der Waals surface area contributed by atoms with Gasteiger partial charge in [-0.15, -0.1) is 0 Å². The minimum Gasteiger partial charge on any atom is -0.380 e. The van der Waals surface area contributed by atoms with Gasteiger partial charge in [0.25, 0.3) is 5.91 Å². The number of anilines is 1. The fourth-order valence-corrected chi connectivity index (χ4v) is 5.80. The quantitative estimate of drug-likeness (QED) is 0.712. The molecule has 3 atom stereocenters. The Morgan fingerprint density at radius 3 is 2.47 bits per heavy atom. The van der Waals surface area contributed by atoms with Crippen LogP contribution < -0.4 is 4.90 Å². The Bertz CT molecular complexity index is 876. The Balaban J connectivity index is 1.27. The highest BCUT2D eigenvalue weighted by atomic mass is 19.4. The number of halogens is 3. The summed E-state index contributed by atoms with van der Waals surface area (Å²) in [5, 5.41) is 20.6. The van der Waals surface area contributed by atoms with Gasteiger partial charge in [0.05, 0.1) is 6.33 Å². The summed E-state index contributed by atoms with van der Waals surface area (Å²) in [5.74, 6) is 1.99. The molecule has 10 heteroatoms. The molecule has 2 heterocycles. The van der Waals surface area contributed by atoms with E-state index in [2.05, 4.69) is 4.98 Å². The summed E-state index contributed by atoms with van der Waals surface area (Å²) >= 11 is 0. The number of aliphatic hydroxyl groups is 2. The molecule has 0 saturated heterocycles. The second-order valence-electron chi connectivity index (χ2n) is 10.3. The van der Waals surface area contributed by atoms with Crippen LogP contribution in [0.5, 0.6) is 0 Å². The Morgan fingerprint density at radius 1 is 1.19 bits per heavy atom. The molecule has 7 nitrogen and oxygen atoms in total. The molecule has 3 unspecified atom stereocenters. The van der Waals surface area contributed by atoms with Gasteiger partial charge in [0.15, 0.2) is 17.1 Å². The number of nitrogens with zero attached hydrogens (tertiary/aromatic N) is 4. The van der Waals surface area contributed by atoms with Crippen LogP contribution in [-0.2, 0) is 6.54 Å².